The monoisotopic (exact) mass is 364 g/mol. The highest BCUT2D eigenvalue weighted by Crippen LogP contribution is 2.19. The second kappa shape index (κ2) is 6.71. The molecule has 0 amide bonds. The van der Waals surface area contributed by atoms with E-state index in [1.165, 1.54) is 22.7 Å². The predicted molar refractivity (Wildman–Crippen MR) is 95.0 cm³/mol. The van der Waals surface area contributed by atoms with Crippen LogP contribution in [-0.4, -0.2) is 42.8 Å². The van der Waals surface area contributed by atoms with Gasteiger partial charge >= 0.3 is 0 Å². The minimum Gasteiger partial charge on any atom is -0.354 e. The molecular weight excluding hydrogens is 348 g/mol. The van der Waals surface area contributed by atoms with Crippen LogP contribution < -0.4 is 10.9 Å². The molecule has 3 aromatic rings. The van der Waals surface area contributed by atoms with Crippen LogP contribution in [0.25, 0.3) is 10.9 Å². The number of sulfonamides is 1. The molecule has 0 aliphatic rings. The van der Waals surface area contributed by atoms with Crippen LogP contribution >= 0.6 is 11.3 Å². The van der Waals surface area contributed by atoms with Crippen molar-refractivity contribution in [3.8, 4) is 0 Å². The van der Waals surface area contributed by atoms with Gasteiger partial charge < -0.3 is 5.32 Å². The predicted octanol–water partition coefficient (Wildman–Crippen LogP) is 1.72. The first-order valence-corrected chi connectivity index (χ1v) is 9.53. The molecule has 2 N–H and O–H groups in total. The Morgan fingerprint density at radius 3 is 2.79 bits per heavy atom. The van der Waals surface area contributed by atoms with Gasteiger partial charge in [-0.25, -0.2) is 13.4 Å². The zero-order valence-corrected chi connectivity index (χ0v) is 14.5. The van der Waals surface area contributed by atoms with Crippen molar-refractivity contribution in [3.63, 3.8) is 0 Å². The number of likely N-dealkylation sites (N-methyl/N-ethyl adjacent to an activating group) is 1. The van der Waals surface area contributed by atoms with Crippen molar-refractivity contribution in [2.24, 2.45) is 0 Å². The Balaban J connectivity index is 1.67. The number of benzene rings is 1. The lowest BCUT2D eigenvalue weighted by Crippen LogP contribution is -2.31. The van der Waals surface area contributed by atoms with Crippen LogP contribution in [0.15, 0.2) is 50.8 Å². The summed E-state index contributed by atoms with van der Waals surface area (Å²) < 4.78 is 26.2. The van der Waals surface area contributed by atoms with E-state index in [0.29, 0.717) is 27.6 Å². The first-order chi connectivity index (χ1) is 11.5. The van der Waals surface area contributed by atoms with Gasteiger partial charge in [-0.1, -0.05) is 18.2 Å². The highest BCUT2D eigenvalue weighted by atomic mass is 32.2. The number of thiophene rings is 1. The molecular formula is C15H16N4O3S2. The van der Waals surface area contributed by atoms with Gasteiger partial charge in [0.05, 0.1) is 10.9 Å². The van der Waals surface area contributed by atoms with E-state index in [2.05, 4.69) is 15.3 Å². The Morgan fingerprint density at radius 2 is 2.04 bits per heavy atom. The number of H-pyrrole nitrogens is 1. The highest BCUT2D eigenvalue weighted by molar-refractivity contribution is 7.91. The number of fused-ring (bicyclic) bond motifs is 1. The minimum atomic E-state index is -3.47. The minimum absolute atomic E-state index is 0.234. The van der Waals surface area contributed by atoms with Gasteiger partial charge in [0.25, 0.3) is 15.6 Å². The van der Waals surface area contributed by atoms with Gasteiger partial charge in [0.15, 0.2) is 0 Å². The Hall–Kier alpha value is -2.23. The molecule has 7 nitrogen and oxygen atoms in total. The fourth-order valence-corrected chi connectivity index (χ4v) is 4.56. The summed E-state index contributed by atoms with van der Waals surface area (Å²) >= 11 is 1.18. The fourth-order valence-electron chi connectivity index (χ4n) is 2.19. The highest BCUT2D eigenvalue weighted by Gasteiger charge is 2.21. The number of nitrogens with zero attached hydrogens (tertiary/aromatic N) is 2. The summed E-state index contributed by atoms with van der Waals surface area (Å²) in [5.41, 5.74) is 0.353. The smallest absolute Gasteiger partial charge is 0.260 e. The number of rotatable bonds is 6. The average molecular weight is 364 g/mol. The molecule has 24 heavy (non-hydrogen) atoms. The number of aromatic amines is 1. The van der Waals surface area contributed by atoms with Crippen LogP contribution in [0.2, 0.25) is 0 Å². The molecule has 0 aliphatic heterocycles. The molecule has 0 fully saturated rings. The molecule has 126 valence electrons. The zero-order chi connectivity index (χ0) is 17.2. The van der Waals surface area contributed by atoms with Gasteiger partial charge in [-0.05, 0) is 23.6 Å². The maximum absolute atomic E-state index is 12.3. The van der Waals surface area contributed by atoms with E-state index >= 15 is 0 Å². The Bertz CT molecular complexity index is 997. The van der Waals surface area contributed by atoms with Crippen LogP contribution in [0.4, 0.5) is 5.95 Å². The number of anilines is 1. The summed E-state index contributed by atoms with van der Waals surface area (Å²) in [6, 6.07) is 10.3. The van der Waals surface area contributed by atoms with E-state index in [1.54, 1.807) is 41.8 Å². The molecule has 0 saturated heterocycles. The molecule has 0 radical (unpaired) electrons. The van der Waals surface area contributed by atoms with Gasteiger partial charge in [0.1, 0.15) is 4.21 Å². The lowest BCUT2D eigenvalue weighted by molar-refractivity contribution is 0.482. The summed E-state index contributed by atoms with van der Waals surface area (Å²) in [5, 5.41) is 5.20. The Morgan fingerprint density at radius 1 is 1.25 bits per heavy atom. The molecule has 2 heterocycles. The topological polar surface area (TPSA) is 95.2 Å². The third-order valence-electron chi connectivity index (χ3n) is 3.49. The van der Waals surface area contributed by atoms with Crippen molar-refractivity contribution >= 4 is 38.2 Å². The molecule has 1 aromatic carbocycles. The maximum atomic E-state index is 12.3. The maximum Gasteiger partial charge on any atom is 0.260 e. The van der Waals surface area contributed by atoms with Crippen molar-refractivity contribution in [3.05, 3.63) is 52.1 Å². The van der Waals surface area contributed by atoms with E-state index in [-0.39, 0.29) is 12.1 Å². The molecule has 0 saturated carbocycles. The summed E-state index contributed by atoms with van der Waals surface area (Å²) in [5.74, 6) is 0.320. The lowest BCUT2D eigenvalue weighted by Gasteiger charge is -2.16. The van der Waals surface area contributed by atoms with Crippen LogP contribution in [0.5, 0.6) is 0 Å². The number of hydrogen-bond donors (Lipinski definition) is 2. The van der Waals surface area contributed by atoms with Crippen LogP contribution in [0.1, 0.15) is 0 Å². The van der Waals surface area contributed by atoms with E-state index in [0.717, 1.165) is 0 Å². The second-order valence-corrected chi connectivity index (χ2v) is 8.34. The summed E-state index contributed by atoms with van der Waals surface area (Å²) in [7, 11) is -1.95. The Kier molecular flexibility index (Phi) is 4.65. The first kappa shape index (κ1) is 16.6. The largest absolute Gasteiger partial charge is 0.354 e. The number of para-hydroxylation sites is 1. The van der Waals surface area contributed by atoms with Crippen LogP contribution in [0.3, 0.4) is 0 Å². The molecule has 0 spiro atoms. The van der Waals surface area contributed by atoms with Gasteiger partial charge in [-0.3, -0.25) is 9.78 Å². The molecule has 0 bridgehead atoms. The Labute approximate surface area is 143 Å². The van der Waals surface area contributed by atoms with E-state index in [9.17, 15) is 13.2 Å². The molecule has 9 heteroatoms. The summed E-state index contributed by atoms with van der Waals surface area (Å²) in [4.78, 5) is 18.9. The quantitative estimate of drug-likeness (QED) is 0.694. The average Bonchev–Trinajstić information content (AvgIpc) is 3.10. The van der Waals surface area contributed by atoms with Crippen molar-refractivity contribution in [2.75, 3.05) is 25.5 Å². The number of aromatic nitrogens is 2. The number of nitrogens with one attached hydrogen (secondary N) is 2. The van der Waals surface area contributed by atoms with E-state index in [1.807, 2.05) is 0 Å². The van der Waals surface area contributed by atoms with E-state index in [4.69, 9.17) is 0 Å². The van der Waals surface area contributed by atoms with Crippen LogP contribution in [0, 0.1) is 0 Å². The normalized spacial score (nSPS) is 11.9. The fraction of sp³-hybridized carbons (Fsp3) is 0.200. The summed E-state index contributed by atoms with van der Waals surface area (Å²) in [6.45, 7) is 0.569. The van der Waals surface area contributed by atoms with Gasteiger partial charge in [-0.15, -0.1) is 11.3 Å². The van der Waals surface area contributed by atoms with Gasteiger partial charge in [-0.2, -0.15) is 4.31 Å². The van der Waals surface area contributed by atoms with Gasteiger partial charge in [0, 0.05) is 20.1 Å². The molecule has 2 aromatic heterocycles. The first-order valence-electron chi connectivity index (χ1n) is 7.21. The third kappa shape index (κ3) is 3.32. The number of hydrogen-bond acceptors (Lipinski definition) is 6. The lowest BCUT2D eigenvalue weighted by atomic mass is 10.2. The second-order valence-electron chi connectivity index (χ2n) is 5.12. The molecule has 0 unspecified atom stereocenters. The zero-order valence-electron chi connectivity index (χ0n) is 12.9. The molecule has 3 rings (SSSR count). The van der Waals surface area contributed by atoms with Crippen molar-refractivity contribution in [1.29, 1.82) is 0 Å². The van der Waals surface area contributed by atoms with Crippen molar-refractivity contribution in [1.82, 2.24) is 14.3 Å². The third-order valence-corrected chi connectivity index (χ3v) is 6.72. The van der Waals surface area contributed by atoms with Gasteiger partial charge in [0.2, 0.25) is 5.95 Å². The molecule has 0 atom stereocenters. The van der Waals surface area contributed by atoms with Crippen molar-refractivity contribution in [2.45, 2.75) is 4.21 Å². The van der Waals surface area contributed by atoms with Crippen molar-refractivity contribution < 1.29 is 8.42 Å². The molecule has 0 aliphatic carbocycles. The van der Waals surface area contributed by atoms with E-state index < -0.39 is 10.0 Å². The SMILES string of the molecule is CN(CCNc1nc2ccccc2c(=O)[nH]1)S(=O)(=O)c1cccs1. The standard InChI is InChI=1S/C15H16N4O3S2/c1-19(24(21,22)13-7-4-10-23-13)9-8-16-15-17-12-6-3-2-5-11(12)14(20)18-15/h2-7,10H,8-9H2,1H3,(H2,16,17,18,20). The van der Waals surface area contributed by atoms with Crippen LogP contribution in [-0.2, 0) is 10.0 Å². The summed E-state index contributed by atoms with van der Waals surface area (Å²) in [6.07, 6.45) is 0.